The lowest BCUT2D eigenvalue weighted by Gasteiger charge is -2.34. The predicted molar refractivity (Wildman–Crippen MR) is 98.7 cm³/mol. The molecule has 2 aromatic rings. The molecule has 5 nitrogen and oxygen atoms in total. The number of carbonyl (C=O) groups excluding carboxylic acids is 1. The number of sulfone groups is 1. The third-order valence-corrected chi connectivity index (χ3v) is 6.30. The second kappa shape index (κ2) is 6.09. The number of carbonyl (C=O) groups is 1. The van der Waals surface area contributed by atoms with Gasteiger partial charge in [-0.15, -0.1) is 0 Å². The molecule has 0 unspecified atom stereocenters. The van der Waals surface area contributed by atoms with Crippen molar-refractivity contribution < 1.29 is 31.1 Å². The summed E-state index contributed by atoms with van der Waals surface area (Å²) in [5, 5.41) is 0. The number of nitrogens with zero attached hydrogens (tertiary/aromatic N) is 1. The van der Waals surface area contributed by atoms with Gasteiger partial charge in [0.1, 0.15) is 11.4 Å². The van der Waals surface area contributed by atoms with Crippen molar-refractivity contribution in [3.05, 3.63) is 65.2 Å². The van der Waals surface area contributed by atoms with E-state index < -0.39 is 25.8 Å². The Hall–Kier alpha value is -2.81. The number of hydrogen-bond donors (Lipinski definition) is 0. The SMILES string of the molecule is CC1(C)C=C(N2Cc3ccccc3C2=O)c2cc(S(=O)(=O)C(F)(F)F)ccc2O1. The van der Waals surface area contributed by atoms with Crippen LogP contribution in [0.5, 0.6) is 5.75 Å². The lowest BCUT2D eigenvalue weighted by atomic mass is 9.98. The minimum Gasteiger partial charge on any atom is -0.483 e. The molecule has 2 aliphatic heterocycles. The monoisotopic (exact) mass is 423 g/mol. The molecular weight excluding hydrogens is 407 g/mol. The van der Waals surface area contributed by atoms with Crippen LogP contribution >= 0.6 is 0 Å². The molecule has 2 heterocycles. The molecule has 2 aromatic carbocycles. The lowest BCUT2D eigenvalue weighted by Crippen LogP contribution is -2.34. The van der Waals surface area contributed by atoms with Crippen molar-refractivity contribution in [3.8, 4) is 5.75 Å². The molecule has 0 saturated carbocycles. The van der Waals surface area contributed by atoms with Gasteiger partial charge in [0.25, 0.3) is 15.7 Å². The Labute approximate surface area is 165 Å². The highest BCUT2D eigenvalue weighted by Crippen LogP contribution is 2.43. The van der Waals surface area contributed by atoms with E-state index >= 15 is 0 Å². The van der Waals surface area contributed by atoms with Gasteiger partial charge in [0.2, 0.25) is 0 Å². The standard InChI is InChI=1S/C20H16F3NO4S/c1-19(2)10-16(24-11-12-5-3-4-6-14(12)18(24)25)15-9-13(7-8-17(15)28-19)29(26,27)20(21,22)23/h3-10H,11H2,1-2H3. The van der Waals surface area contributed by atoms with Gasteiger partial charge < -0.3 is 9.64 Å². The zero-order valence-corrected chi connectivity index (χ0v) is 16.3. The molecule has 9 heteroatoms. The maximum Gasteiger partial charge on any atom is 0.501 e. The zero-order valence-electron chi connectivity index (χ0n) is 15.4. The smallest absolute Gasteiger partial charge is 0.483 e. The molecule has 2 aliphatic rings. The van der Waals surface area contributed by atoms with Gasteiger partial charge in [0.05, 0.1) is 17.1 Å². The molecular formula is C20H16F3NO4S. The number of benzene rings is 2. The summed E-state index contributed by atoms with van der Waals surface area (Å²) in [7, 11) is -5.54. The first-order chi connectivity index (χ1) is 13.4. The highest BCUT2D eigenvalue weighted by Gasteiger charge is 2.47. The Bertz CT molecular complexity index is 1170. The minimum absolute atomic E-state index is 0.121. The molecule has 0 aliphatic carbocycles. The van der Waals surface area contributed by atoms with E-state index in [-0.39, 0.29) is 23.8 Å². The van der Waals surface area contributed by atoms with Gasteiger partial charge in [-0.25, -0.2) is 8.42 Å². The Kier molecular flexibility index (Phi) is 4.10. The molecule has 29 heavy (non-hydrogen) atoms. The molecule has 0 N–H and O–H groups in total. The van der Waals surface area contributed by atoms with Crippen molar-refractivity contribution in [2.45, 2.75) is 36.4 Å². The van der Waals surface area contributed by atoms with Gasteiger partial charge in [-0.1, -0.05) is 18.2 Å². The maximum absolute atomic E-state index is 13.0. The molecule has 0 radical (unpaired) electrons. The summed E-state index contributed by atoms with van der Waals surface area (Å²) in [5.74, 6) is -0.100. The molecule has 0 bridgehead atoms. The summed E-state index contributed by atoms with van der Waals surface area (Å²) in [6.07, 6.45) is 1.61. The molecule has 0 spiro atoms. The van der Waals surface area contributed by atoms with E-state index in [1.54, 1.807) is 44.2 Å². The fourth-order valence-corrected chi connectivity index (χ4v) is 4.28. The van der Waals surface area contributed by atoms with Crippen molar-refractivity contribution in [3.63, 3.8) is 0 Å². The van der Waals surface area contributed by atoms with Gasteiger partial charge in [-0.2, -0.15) is 13.2 Å². The number of amides is 1. The first-order valence-corrected chi connectivity index (χ1v) is 10.2. The third-order valence-electron chi connectivity index (χ3n) is 4.81. The van der Waals surface area contributed by atoms with Gasteiger partial charge in [-0.05, 0) is 49.8 Å². The van der Waals surface area contributed by atoms with Crippen LogP contribution in [0.15, 0.2) is 53.4 Å². The van der Waals surface area contributed by atoms with Crippen molar-refractivity contribution in [1.82, 2.24) is 4.90 Å². The van der Waals surface area contributed by atoms with Gasteiger partial charge in [0.15, 0.2) is 0 Å². The van der Waals surface area contributed by atoms with E-state index in [0.717, 1.165) is 17.7 Å². The fourth-order valence-electron chi connectivity index (χ4n) is 3.49. The number of rotatable bonds is 2. The van der Waals surface area contributed by atoms with Crippen molar-refractivity contribution in [2.24, 2.45) is 0 Å². The van der Waals surface area contributed by atoms with Crippen molar-refractivity contribution >= 4 is 21.4 Å². The van der Waals surface area contributed by atoms with E-state index in [1.165, 1.54) is 11.0 Å². The van der Waals surface area contributed by atoms with E-state index in [4.69, 9.17) is 4.74 Å². The van der Waals surface area contributed by atoms with Crippen LogP contribution in [-0.4, -0.2) is 30.3 Å². The third kappa shape index (κ3) is 3.09. The molecule has 4 rings (SSSR count). The maximum atomic E-state index is 13.0. The Morgan fingerprint density at radius 2 is 1.76 bits per heavy atom. The topological polar surface area (TPSA) is 63.7 Å². The van der Waals surface area contributed by atoms with E-state index in [1.807, 2.05) is 0 Å². The fraction of sp³-hybridized carbons (Fsp3) is 0.250. The van der Waals surface area contributed by atoms with Crippen molar-refractivity contribution in [1.29, 1.82) is 0 Å². The van der Waals surface area contributed by atoms with E-state index in [0.29, 0.717) is 11.3 Å². The number of alkyl halides is 3. The number of fused-ring (bicyclic) bond motifs is 2. The van der Waals surface area contributed by atoms with Crippen LogP contribution in [0, 0.1) is 0 Å². The van der Waals surface area contributed by atoms with Crippen LogP contribution in [-0.2, 0) is 16.4 Å². The van der Waals surface area contributed by atoms with Crippen LogP contribution in [0.3, 0.4) is 0 Å². The van der Waals surface area contributed by atoms with Crippen LogP contribution in [0.2, 0.25) is 0 Å². The summed E-state index contributed by atoms with van der Waals surface area (Å²) < 4.78 is 68.6. The quantitative estimate of drug-likeness (QED) is 0.728. The summed E-state index contributed by atoms with van der Waals surface area (Å²) >= 11 is 0. The number of halogens is 3. The van der Waals surface area contributed by atoms with Crippen LogP contribution in [0.1, 0.15) is 35.3 Å². The normalized spacial score (nSPS) is 18.0. The van der Waals surface area contributed by atoms with Crippen LogP contribution in [0.4, 0.5) is 13.2 Å². The average Bonchev–Trinajstić information content (AvgIpc) is 2.96. The molecule has 0 saturated heterocycles. The second-order valence-electron chi connectivity index (χ2n) is 7.39. The van der Waals surface area contributed by atoms with Crippen LogP contribution < -0.4 is 4.74 Å². The largest absolute Gasteiger partial charge is 0.501 e. The average molecular weight is 423 g/mol. The Morgan fingerprint density at radius 1 is 1.07 bits per heavy atom. The van der Waals surface area contributed by atoms with Gasteiger partial charge in [-0.3, -0.25) is 4.79 Å². The first-order valence-electron chi connectivity index (χ1n) is 8.68. The molecule has 0 fully saturated rings. The Balaban J connectivity index is 1.86. The summed E-state index contributed by atoms with van der Waals surface area (Å²) in [4.78, 5) is 13.4. The minimum atomic E-state index is -5.54. The predicted octanol–water partition coefficient (Wildman–Crippen LogP) is 4.15. The number of hydrogen-bond acceptors (Lipinski definition) is 4. The highest BCUT2D eigenvalue weighted by molar-refractivity contribution is 7.92. The highest BCUT2D eigenvalue weighted by atomic mass is 32.2. The summed E-state index contributed by atoms with van der Waals surface area (Å²) in [6.45, 7) is 3.71. The summed E-state index contributed by atoms with van der Waals surface area (Å²) in [6, 6.07) is 9.95. The van der Waals surface area contributed by atoms with Crippen molar-refractivity contribution in [2.75, 3.05) is 0 Å². The Morgan fingerprint density at radius 3 is 2.41 bits per heavy atom. The number of ether oxygens (including phenoxy) is 1. The summed E-state index contributed by atoms with van der Waals surface area (Å²) in [5.41, 5.74) is -4.56. The first kappa shape index (κ1) is 19.5. The molecule has 0 aromatic heterocycles. The molecule has 0 atom stereocenters. The van der Waals surface area contributed by atoms with Gasteiger partial charge in [0, 0.05) is 11.1 Å². The van der Waals surface area contributed by atoms with Gasteiger partial charge >= 0.3 is 5.51 Å². The van der Waals surface area contributed by atoms with E-state index in [9.17, 15) is 26.4 Å². The van der Waals surface area contributed by atoms with Crippen LogP contribution in [0.25, 0.3) is 5.70 Å². The van der Waals surface area contributed by atoms with E-state index in [2.05, 4.69) is 0 Å². The second-order valence-corrected chi connectivity index (χ2v) is 9.33. The zero-order chi connectivity index (χ0) is 21.2. The molecule has 152 valence electrons. The lowest BCUT2D eigenvalue weighted by molar-refractivity contribution is -0.0436. The molecule has 1 amide bonds.